The number of ether oxygens (including phenoxy) is 1. The molecule has 0 saturated heterocycles. The highest BCUT2D eigenvalue weighted by atomic mass is 79.9. The molecule has 24 heavy (non-hydrogen) atoms. The second-order valence-corrected chi connectivity index (χ2v) is 6.05. The first-order chi connectivity index (χ1) is 11.4. The molecule has 0 unspecified atom stereocenters. The van der Waals surface area contributed by atoms with Crippen LogP contribution in [0.2, 0.25) is 0 Å². The Bertz CT molecular complexity index is 799. The quantitative estimate of drug-likeness (QED) is 0.791. The Morgan fingerprint density at radius 2 is 1.88 bits per heavy atom. The zero-order valence-electron chi connectivity index (χ0n) is 14.0. The highest BCUT2D eigenvalue weighted by Crippen LogP contribution is 2.23. The number of benzene rings is 1. The molecule has 1 aromatic heterocycles. The van der Waals surface area contributed by atoms with E-state index < -0.39 is 5.91 Å². The van der Waals surface area contributed by atoms with E-state index in [1.807, 2.05) is 24.3 Å². The van der Waals surface area contributed by atoms with E-state index in [4.69, 9.17) is 9.57 Å². The molecule has 0 aliphatic carbocycles. The molecule has 1 amide bonds. The van der Waals surface area contributed by atoms with Crippen LogP contribution in [0.4, 0.5) is 0 Å². The molecule has 0 fully saturated rings. The van der Waals surface area contributed by atoms with Gasteiger partial charge in [0.05, 0.1) is 18.7 Å². The van der Waals surface area contributed by atoms with Gasteiger partial charge in [-0.05, 0) is 58.1 Å². The Hall–Kier alpha value is -2.12. The minimum atomic E-state index is -0.407. The number of carbonyl (C=O) groups excluding carboxylic acids is 1. The standard InChI is InChI=1S/C17H19BrN2O4/c1-10-13(9-11-5-7-12(23-3)8-6-11)14(18)16(21)19-15(10)17(22)20(2)24-4/h5-8H,9H2,1-4H3,(H,19,21). The van der Waals surface area contributed by atoms with E-state index in [0.29, 0.717) is 16.5 Å². The number of nitrogens with one attached hydrogen (secondary N) is 1. The van der Waals surface area contributed by atoms with Crippen molar-refractivity contribution in [1.29, 1.82) is 0 Å². The smallest absolute Gasteiger partial charge is 0.293 e. The summed E-state index contributed by atoms with van der Waals surface area (Å²) in [6, 6.07) is 7.57. The molecule has 0 atom stereocenters. The van der Waals surface area contributed by atoms with Crippen LogP contribution >= 0.6 is 15.9 Å². The zero-order chi connectivity index (χ0) is 17.9. The van der Waals surface area contributed by atoms with Crippen molar-refractivity contribution in [3.63, 3.8) is 0 Å². The average molecular weight is 395 g/mol. The van der Waals surface area contributed by atoms with Crippen LogP contribution in [0.3, 0.4) is 0 Å². The molecule has 0 saturated carbocycles. The fourth-order valence-corrected chi connectivity index (χ4v) is 2.86. The Balaban J connectivity index is 2.46. The second-order valence-electron chi connectivity index (χ2n) is 5.26. The largest absolute Gasteiger partial charge is 0.497 e. The molecule has 7 heteroatoms. The average Bonchev–Trinajstić information content (AvgIpc) is 2.61. The van der Waals surface area contributed by atoms with E-state index in [9.17, 15) is 9.59 Å². The number of carbonyl (C=O) groups is 1. The van der Waals surface area contributed by atoms with Gasteiger partial charge in [-0.25, -0.2) is 5.06 Å². The number of nitrogens with zero attached hydrogens (tertiary/aromatic N) is 1. The van der Waals surface area contributed by atoms with Gasteiger partial charge in [-0.2, -0.15) is 0 Å². The first-order valence-corrected chi connectivity index (χ1v) is 8.04. The van der Waals surface area contributed by atoms with Crippen molar-refractivity contribution in [2.75, 3.05) is 21.3 Å². The van der Waals surface area contributed by atoms with Gasteiger partial charge in [-0.15, -0.1) is 0 Å². The fourth-order valence-electron chi connectivity index (χ4n) is 2.33. The van der Waals surface area contributed by atoms with Gasteiger partial charge in [0.2, 0.25) is 0 Å². The molecule has 2 aromatic rings. The minimum absolute atomic E-state index is 0.219. The molecule has 2 rings (SSSR count). The third-order valence-corrected chi connectivity index (χ3v) is 4.68. The predicted molar refractivity (Wildman–Crippen MR) is 94.4 cm³/mol. The maximum Gasteiger partial charge on any atom is 0.293 e. The molecular formula is C17H19BrN2O4. The van der Waals surface area contributed by atoms with Gasteiger partial charge >= 0.3 is 0 Å². The van der Waals surface area contributed by atoms with Crippen LogP contribution in [0.15, 0.2) is 33.5 Å². The maximum absolute atomic E-state index is 12.3. The summed E-state index contributed by atoms with van der Waals surface area (Å²) in [5, 5.41) is 1.07. The topological polar surface area (TPSA) is 71.6 Å². The van der Waals surface area contributed by atoms with Crippen molar-refractivity contribution in [2.24, 2.45) is 0 Å². The maximum atomic E-state index is 12.3. The summed E-state index contributed by atoms with van der Waals surface area (Å²) >= 11 is 3.33. The molecule has 1 heterocycles. The van der Waals surface area contributed by atoms with Gasteiger partial charge in [0.25, 0.3) is 11.5 Å². The SMILES string of the molecule is COc1ccc(Cc2c(C)c(C(=O)N(C)OC)[nH]c(=O)c2Br)cc1. The Kier molecular flexibility index (Phi) is 5.80. The van der Waals surface area contributed by atoms with E-state index in [1.54, 1.807) is 14.0 Å². The third-order valence-electron chi connectivity index (χ3n) is 3.84. The lowest BCUT2D eigenvalue weighted by Crippen LogP contribution is -2.30. The number of hydrogen-bond acceptors (Lipinski definition) is 4. The number of H-pyrrole nitrogens is 1. The number of rotatable bonds is 5. The van der Waals surface area contributed by atoms with Gasteiger partial charge in [0, 0.05) is 7.05 Å². The van der Waals surface area contributed by atoms with Crippen molar-refractivity contribution < 1.29 is 14.4 Å². The van der Waals surface area contributed by atoms with Crippen LogP contribution in [0.5, 0.6) is 5.75 Å². The number of aromatic amines is 1. The van der Waals surface area contributed by atoms with Gasteiger partial charge < -0.3 is 9.72 Å². The molecule has 0 spiro atoms. The Labute approximate surface area is 148 Å². The minimum Gasteiger partial charge on any atom is -0.497 e. The number of hydroxylamine groups is 2. The van der Waals surface area contributed by atoms with Crippen LogP contribution in [0.1, 0.15) is 27.2 Å². The number of hydrogen-bond donors (Lipinski definition) is 1. The number of halogens is 1. The lowest BCUT2D eigenvalue weighted by atomic mass is 9.99. The lowest BCUT2D eigenvalue weighted by molar-refractivity contribution is -0.0761. The molecule has 0 bridgehead atoms. The normalized spacial score (nSPS) is 10.5. The first kappa shape index (κ1) is 18.2. The first-order valence-electron chi connectivity index (χ1n) is 7.25. The summed E-state index contributed by atoms with van der Waals surface area (Å²) < 4.78 is 5.57. The van der Waals surface area contributed by atoms with Gasteiger partial charge in [0.15, 0.2) is 0 Å². The summed E-state index contributed by atoms with van der Waals surface area (Å²) in [6.45, 7) is 1.80. The summed E-state index contributed by atoms with van der Waals surface area (Å²) in [5.74, 6) is 0.355. The van der Waals surface area contributed by atoms with Crippen molar-refractivity contribution in [3.8, 4) is 5.75 Å². The van der Waals surface area contributed by atoms with Crippen molar-refractivity contribution >= 4 is 21.8 Å². The van der Waals surface area contributed by atoms with E-state index in [-0.39, 0.29) is 11.3 Å². The Morgan fingerprint density at radius 3 is 2.42 bits per heavy atom. The summed E-state index contributed by atoms with van der Waals surface area (Å²) in [7, 11) is 4.49. The molecule has 0 aliphatic heterocycles. The number of pyridine rings is 1. The van der Waals surface area contributed by atoms with Crippen LogP contribution < -0.4 is 10.3 Å². The van der Waals surface area contributed by atoms with E-state index >= 15 is 0 Å². The number of methoxy groups -OCH3 is 1. The third kappa shape index (κ3) is 3.68. The zero-order valence-corrected chi connectivity index (χ0v) is 15.6. The van der Waals surface area contributed by atoms with Gasteiger partial charge in [-0.1, -0.05) is 12.1 Å². The molecule has 128 valence electrons. The van der Waals surface area contributed by atoms with Gasteiger partial charge in [0.1, 0.15) is 11.4 Å². The molecular weight excluding hydrogens is 376 g/mol. The second kappa shape index (κ2) is 7.63. The fraction of sp³-hybridized carbons (Fsp3) is 0.294. The molecule has 0 aliphatic rings. The number of aromatic nitrogens is 1. The monoisotopic (exact) mass is 394 g/mol. The van der Waals surface area contributed by atoms with E-state index in [0.717, 1.165) is 21.9 Å². The summed E-state index contributed by atoms with van der Waals surface area (Å²) in [5.41, 5.74) is 2.33. The van der Waals surface area contributed by atoms with Crippen LogP contribution in [-0.2, 0) is 11.3 Å². The number of amides is 1. The molecule has 0 radical (unpaired) electrons. The molecule has 1 N–H and O–H groups in total. The van der Waals surface area contributed by atoms with Crippen LogP contribution in [-0.4, -0.2) is 37.2 Å². The Morgan fingerprint density at radius 1 is 1.25 bits per heavy atom. The highest BCUT2D eigenvalue weighted by Gasteiger charge is 2.20. The summed E-state index contributed by atoms with van der Waals surface area (Å²) in [6.07, 6.45) is 0.511. The summed E-state index contributed by atoms with van der Waals surface area (Å²) in [4.78, 5) is 32.1. The molecule has 1 aromatic carbocycles. The molecule has 6 nitrogen and oxygen atoms in total. The van der Waals surface area contributed by atoms with Crippen LogP contribution in [0.25, 0.3) is 0 Å². The van der Waals surface area contributed by atoms with Crippen molar-refractivity contribution in [3.05, 3.63) is 61.5 Å². The predicted octanol–water partition coefficient (Wildman–Crippen LogP) is 2.68. The van der Waals surface area contributed by atoms with E-state index in [2.05, 4.69) is 20.9 Å². The van der Waals surface area contributed by atoms with Crippen molar-refractivity contribution in [1.82, 2.24) is 10.0 Å². The van der Waals surface area contributed by atoms with Crippen molar-refractivity contribution in [2.45, 2.75) is 13.3 Å². The van der Waals surface area contributed by atoms with Crippen LogP contribution in [0, 0.1) is 6.92 Å². The van der Waals surface area contributed by atoms with Gasteiger partial charge in [-0.3, -0.25) is 14.4 Å². The lowest BCUT2D eigenvalue weighted by Gasteiger charge is -2.17. The van der Waals surface area contributed by atoms with E-state index in [1.165, 1.54) is 14.2 Å². The highest BCUT2D eigenvalue weighted by molar-refractivity contribution is 9.10.